The highest BCUT2D eigenvalue weighted by atomic mass is 32.1. The number of anilines is 1. The first-order valence-electron chi connectivity index (χ1n) is 8.42. The molecular formula is C17H25N5OS. The molecule has 1 unspecified atom stereocenters. The molecule has 0 fully saturated rings. The van der Waals surface area contributed by atoms with Crippen molar-refractivity contribution in [3.05, 3.63) is 35.1 Å². The van der Waals surface area contributed by atoms with Crippen LogP contribution < -0.4 is 5.32 Å². The second kappa shape index (κ2) is 7.92. The Balaban J connectivity index is 1.57. The van der Waals surface area contributed by atoms with Crippen LogP contribution in [0.2, 0.25) is 0 Å². The smallest absolute Gasteiger partial charge is 0.182 e. The van der Waals surface area contributed by atoms with Crippen LogP contribution >= 0.6 is 11.3 Å². The average Bonchev–Trinajstić information content (AvgIpc) is 3.25. The van der Waals surface area contributed by atoms with Crippen LogP contribution in [-0.4, -0.2) is 51.0 Å². The van der Waals surface area contributed by atoms with Gasteiger partial charge in [-0.2, -0.15) is 5.10 Å². The summed E-state index contributed by atoms with van der Waals surface area (Å²) >= 11 is 1.65. The summed E-state index contributed by atoms with van der Waals surface area (Å²) in [5, 5.41) is 20.3. The highest BCUT2D eigenvalue weighted by molar-refractivity contribution is 7.13. The van der Waals surface area contributed by atoms with Crippen molar-refractivity contribution in [1.29, 1.82) is 0 Å². The normalized spacial score (nSPS) is 16.9. The number of aromatic nitrogens is 3. The highest BCUT2D eigenvalue weighted by Crippen LogP contribution is 2.23. The molecule has 2 N–H and O–H groups in total. The van der Waals surface area contributed by atoms with E-state index in [-0.39, 0.29) is 6.10 Å². The third-order valence-electron chi connectivity index (χ3n) is 4.32. The second-order valence-electron chi connectivity index (χ2n) is 6.12. The van der Waals surface area contributed by atoms with Crippen molar-refractivity contribution >= 4 is 22.0 Å². The van der Waals surface area contributed by atoms with Crippen molar-refractivity contribution in [1.82, 2.24) is 19.7 Å². The molecule has 0 aromatic carbocycles. The molecule has 6 nitrogen and oxygen atoms in total. The van der Waals surface area contributed by atoms with Gasteiger partial charge < -0.3 is 10.4 Å². The van der Waals surface area contributed by atoms with Gasteiger partial charge in [0.25, 0.3) is 0 Å². The molecule has 0 saturated heterocycles. The maximum atomic E-state index is 9.73. The average molecular weight is 347 g/mol. The monoisotopic (exact) mass is 347 g/mol. The maximum Gasteiger partial charge on any atom is 0.182 e. The Bertz CT molecular complexity index is 693. The standard InChI is InChI=1S/C17H25N5OS/c1-3-16(23)11-22-9-14(8-19-22)13-4-6-21(7-5-13)10-15-12-24-17(18-2)20-15/h4,8-9,12,16,23H,3,5-7,10-11H2,1-2H3,(H,18,20). The van der Waals surface area contributed by atoms with Crippen LogP contribution in [0.3, 0.4) is 0 Å². The lowest BCUT2D eigenvalue weighted by Crippen LogP contribution is -2.28. The number of rotatable bonds is 7. The Labute approximate surface area is 146 Å². The fraction of sp³-hybridized carbons (Fsp3) is 0.529. The fourth-order valence-electron chi connectivity index (χ4n) is 2.81. The van der Waals surface area contributed by atoms with E-state index >= 15 is 0 Å². The quantitative estimate of drug-likeness (QED) is 0.805. The summed E-state index contributed by atoms with van der Waals surface area (Å²) in [4.78, 5) is 6.95. The van der Waals surface area contributed by atoms with Crippen LogP contribution in [0.25, 0.3) is 5.57 Å². The van der Waals surface area contributed by atoms with Crippen LogP contribution in [-0.2, 0) is 13.1 Å². The van der Waals surface area contributed by atoms with Gasteiger partial charge in [0.1, 0.15) is 0 Å². The van der Waals surface area contributed by atoms with E-state index in [0.717, 1.165) is 43.3 Å². The molecule has 0 bridgehead atoms. The van der Waals surface area contributed by atoms with Gasteiger partial charge in [-0.25, -0.2) is 4.98 Å². The number of thiazole rings is 1. The van der Waals surface area contributed by atoms with E-state index < -0.39 is 0 Å². The lowest BCUT2D eigenvalue weighted by atomic mass is 10.0. The summed E-state index contributed by atoms with van der Waals surface area (Å²) in [5.74, 6) is 0. The number of aliphatic hydroxyl groups excluding tert-OH is 1. The summed E-state index contributed by atoms with van der Waals surface area (Å²) in [7, 11) is 1.90. The van der Waals surface area contributed by atoms with E-state index in [1.807, 2.05) is 31.0 Å². The van der Waals surface area contributed by atoms with E-state index in [1.54, 1.807) is 11.3 Å². The van der Waals surface area contributed by atoms with Crippen LogP contribution in [0.4, 0.5) is 5.13 Å². The Kier molecular flexibility index (Phi) is 5.65. The lowest BCUT2D eigenvalue weighted by molar-refractivity contribution is 0.145. The van der Waals surface area contributed by atoms with E-state index in [9.17, 15) is 5.11 Å². The predicted molar refractivity (Wildman–Crippen MR) is 98.1 cm³/mol. The SMILES string of the molecule is CCC(O)Cn1cc(C2=CCN(Cc3csc(NC)n3)CC2)cn1. The molecular weight excluding hydrogens is 322 g/mol. The molecule has 7 heteroatoms. The van der Waals surface area contributed by atoms with Crippen molar-refractivity contribution < 1.29 is 5.11 Å². The van der Waals surface area contributed by atoms with Gasteiger partial charge in [0.2, 0.25) is 0 Å². The summed E-state index contributed by atoms with van der Waals surface area (Å²) in [6.07, 6.45) is 7.67. The van der Waals surface area contributed by atoms with E-state index in [4.69, 9.17) is 0 Å². The zero-order valence-corrected chi connectivity index (χ0v) is 15.1. The van der Waals surface area contributed by atoms with Gasteiger partial charge in [-0.05, 0) is 18.4 Å². The predicted octanol–water partition coefficient (Wildman–Crippen LogP) is 2.44. The number of hydrogen-bond acceptors (Lipinski definition) is 6. The third kappa shape index (κ3) is 4.23. The van der Waals surface area contributed by atoms with Gasteiger partial charge in [-0.1, -0.05) is 13.0 Å². The molecule has 3 heterocycles. The van der Waals surface area contributed by atoms with Crippen LogP contribution in [0.5, 0.6) is 0 Å². The molecule has 2 aromatic rings. The number of nitrogens with one attached hydrogen (secondary N) is 1. The first kappa shape index (κ1) is 17.1. The molecule has 0 amide bonds. The van der Waals surface area contributed by atoms with Crippen molar-refractivity contribution in [2.45, 2.75) is 39.0 Å². The topological polar surface area (TPSA) is 66.2 Å². The fourth-order valence-corrected chi connectivity index (χ4v) is 3.48. The molecule has 3 rings (SSSR count). The molecule has 1 atom stereocenters. The Morgan fingerprint density at radius 3 is 3.00 bits per heavy atom. The van der Waals surface area contributed by atoms with Crippen LogP contribution in [0.1, 0.15) is 31.0 Å². The minimum atomic E-state index is -0.325. The number of hydrogen-bond donors (Lipinski definition) is 2. The third-order valence-corrected chi connectivity index (χ3v) is 5.23. The van der Waals surface area contributed by atoms with Crippen LogP contribution in [0.15, 0.2) is 23.8 Å². The maximum absolute atomic E-state index is 9.73. The van der Waals surface area contributed by atoms with Crippen molar-refractivity contribution in [3.63, 3.8) is 0 Å². The largest absolute Gasteiger partial charge is 0.391 e. The first-order valence-corrected chi connectivity index (χ1v) is 9.30. The summed E-state index contributed by atoms with van der Waals surface area (Å²) < 4.78 is 1.84. The minimum Gasteiger partial charge on any atom is -0.391 e. The molecule has 1 aliphatic rings. The molecule has 130 valence electrons. The Hall–Kier alpha value is -1.70. The van der Waals surface area contributed by atoms with Crippen molar-refractivity contribution in [3.8, 4) is 0 Å². The van der Waals surface area contributed by atoms with Crippen LogP contribution in [0, 0.1) is 0 Å². The molecule has 1 aliphatic heterocycles. The lowest BCUT2D eigenvalue weighted by Gasteiger charge is -2.25. The Morgan fingerprint density at radius 1 is 1.46 bits per heavy atom. The van der Waals surface area contributed by atoms with Gasteiger partial charge in [0.05, 0.1) is 24.5 Å². The van der Waals surface area contributed by atoms with Gasteiger partial charge in [-0.15, -0.1) is 11.3 Å². The number of nitrogens with zero attached hydrogens (tertiary/aromatic N) is 4. The Morgan fingerprint density at radius 2 is 2.33 bits per heavy atom. The molecule has 0 spiro atoms. The van der Waals surface area contributed by atoms with Gasteiger partial charge >= 0.3 is 0 Å². The highest BCUT2D eigenvalue weighted by Gasteiger charge is 2.16. The van der Waals surface area contributed by atoms with Gasteiger partial charge in [0, 0.05) is 43.8 Å². The summed E-state index contributed by atoms with van der Waals surface area (Å²) in [6, 6.07) is 0. The summed E-state index contributed by atoms with van der Waals surface area (Å²) in [6.45, 7) is 5.40. The van der Waals surface area contributed by atoms with Crippen molar-refractivity contribution in [2.75, 3.05) is 25.5 Å². The molecule has 0 saturated carbocycles. The molecule has 2 aromatic heterocycles. The summed E-state index contributed by atoms with van der Waals surface area (Å²) in [5.41, 5.74) is 3.64. The zero-order valence-electron chi connectivity index (χ0n) is 14.3. The van der Waals surface area contributed by atoms with Gasteiger partial charge in [-0.3, -0.25) is 9.58 Å². The second-order valence-corrected chi connectivity index (χ2v) is 6.98. The molecule has 0 aliphatic carbocycles. The van der Waals surface area contributed by atoms with E-state index in [2.05, 4.69) is 31.8 Å². The van der Waals surface area contributed by atoms with E-state index in [1.165, 1.54) is 11.1 Å². The molecule has 24 heavy (non-hydrogen) atoms. The minimum absolute atomic E-state index is 0.325. The van der Waals surface area contributed by atoms with Gasteiger partial charge in [0.15, 0.2) is 5.13 Å². The zero-order chi connectivity index (χ0) is 16.9. The molecule has 0 radical (unpaired) electrons. The van der Waals surface area contributed by atoms with Crippen molar-refractivity contribution in [2.24, 2.45) is 0 Å². The first-order chi connectivity index (χ1) is 11.7. The number of aliphatic hydroxyl groups is 1. The van der Waals surface area contributed by atoms with E-state index in [0.29, 0.717) is 6.54 Å².